The van der Waals surface area contributed by atoms with E-state index in [0.717, 1.165) is 12.8 Å². The maximum absolute atomic E-state index is 13.7. The van der Waals surface area contributed by atoms with Crippen LogP contribution in [0.1, 0.15) is 46.0 Å². The number of carbonyl (C=O) groups excluding carboxylic acids is 2. The number of nitrogen functional groups attached to an aromatic ring is 1. The van der Waals surface area contributed by atoms with Gasteiger partial charge < -0.3 is 25.0 Å². The van der Waals surface area contributed by atoms with Gasteiger partial charge in [-0.15, -0.1) is 0 Å². The molecule has 0 spiro atoms. The second-order valence-electron chi connectivity index (χ2n) is 9.08. The lowest BCUT2D eigenvalue weighted by atomic mass is 10.1. The number of hydrogen-bond acceptors (Lipinski definition) is 7. The molecule has 2 aliphatic rings. The summed E-state index contributed by atoms with van der Waals surface area (Å²) in [5, 5.41) is 0. The van der Waals surface area contributed by atoms with E-state index in [9.17, 15) is 19.2 Å². The molecule has 36 heavy (non-hydrogen) atoms. The Morgan fingerprint density at radius 3 is 2.56 bits per heavy atom. The molecule has 11 heteroatoms. The maximum Gasteiger partial charge on any atom is 0.330 e. The quantitative estimate of drug-likeness (QED) is 0.537. The molecule has 2 aliphatic heterocycles. The van der Waals surface area contributed by atoms with E-state index < -0.39 is 17.2 Å². The van der Waals surface area contributed by atoms with Gasteiger partial charge >= 0.3 is 5.69 Å². The van der Waals surface area contributed by atoms with Crippen molar-refractivity contribution in [1.82, 2.24) is 9.55 Å². The molecule has 0 unspecified atom stereocenters. The summed E-state index contributed by atoms with van der Waals surface area (Å²) in [6, 6.07) is 5.25. The monoisotopic (exact) mass is 499 g/mol. The van der Waals surface area contributed by atoms with E-state index in [0.29, 0.717) is 49.8 Å². The fourth-order valence-corrected chi connectivity index (χ4v) is 4.57. The Kier molecular flexibility index (Phi) is 7.66. The predicted octanol–water partition coefficient (Wildman–Crippen LogP) is 1.88. The van der Waals surface area contributed by atoms with Crippen molar-refractivity contribution in [1.29, 1.82) is 0 Å². The third kappa shape index (κ3) is 4.95. The van der Waals surface area contributed by atoms with Crippen LogP contribution in [-0.4, -0.2) is 47.7 Å². The molecule has 194 valence electrons. The maximum atomic E-state index is 13.7. The van der Waals surface area contributed by atoms with Crippen molar-refractivity contribution in [2.45, 2.75) is 52.5 Å². The smallest absolute Gasteiger partial charge is 0.330 e. The number of hydrogen-bond donors (Lipinski definition) is 2. The Morgan fingerprint density at radius 2 is 1.83 bits per heavy atom. The Hall–Kier alpha value is -3.76. The van der Waals surface area contributed by atoms with E-state index in [1.165, 1.54) is 9.47 Å². The second-order valence-corrected chi connectivity index (χ2v) is 9.08. The molecule has 3 N–H and O–H groups in total. The fourth-order valence-electron chi connectivity index (χ4n) is 4.57. The molecule has 4 rings (SSSR count). The first kappa shape index (κ1) is 25.3. The Labute approximate surface area is 208 Å². The van der Waals surface area contributed by atoms with Gasteiger partial charge in [-0.3, -0.25) is 23.9 Å². The van der Waals surface area contributed by atoms with Crippen LogP contribution in [0, 0.1) is 5.92 Å². The van der Waals surface area contributed by atoms with Gasteiger partial charge in [0.25, 0.3) is 5.56 Å². The van der Waals surface area contributed by atoms with Crippen LogP contribution in [-0.2, 0) is 16.1 Å². The zero-order chi connectivity index (χ0) is 25.8. The second kappa shape index (κ2) is 10.9. The first-order valence-electron chi connectivity index (χ1n) is 12.5. The number of nitrogens with one attached hydrogen (secondary N) is 1. The number of anilines is 3. The van der Waals surface area contributed by atoms with Crippen LogP contribution in [0.3, 0.4) is 0 Å². The summed E-state index contributed by atoms with van der Waals surface area (Å²) >= 11 is 0. The average Bonchev–Trinajstić information content (AvgIpc) is 3.26. The van der Waals surface area contributed by atoms with Crippen molar-refractivity contribution in [2.75, 3.05) is 41.8 Å². The number of benzene rings is 1. The minimum Gasteiger partial charge on any atom is -0.486 e. The van der Waals surface area contributed by atoms with E-state index in [-0.39, 0.29) is 42.8 Å². The highest BCUT2D eigenvalue weighted by molar-refractivity contribution is 6.05. The average molecular weight is 500 g/mol. The molecule has 1 saturated heterocycles. The number of aromatic nitrogens is 2. The van der Waals surface area contributed by atoms with Crippen LogP contribution in [0.5, 0.6) is 11.5 Å². The highest BCUT2D eigenvalue weighted by Gasteiger charge is 2.39. The Bertz CT molecular complexity index is 1250. The lowest BCUT2D eigenvalue weighted by Crippen LogP contribution is -2.44. The molecule has 1 fully saturated rings. The van der Waals surface area contributed by atoms with Crippen molar-refractivity contribution in [3.63, 3.8) is 0 Å². The molecule has 1 aromatic carbocycles. The summed E-state index contributed by atoms with van der Waals surface area (Å²) in [5.41, 5.74) is 5.57. The third-order valence-electron chi connectivity index (χ3n) is 6.53. The Balaban J connectivity index is 1.63. The van der Waals surface area contributed by atoms with Crippen LogP contribution in [0.15, 0.2) is 27.8 Å². The van der Waals surface area contributed by atoms with E-state index in [2.05, 4.69) is 4.98 Å². The highest BCUT2D eigenvalue weighted by Crippen LogP contribution is 2.36. The minimum absolute atomic E-state index is 0.00316. The number of amides is 2. The number of aromatic amines is 1. The number of carbonyl (C=O) groups is 2. The van der Waals surface area contributed by atoms with Gasteiger partial charge in [0, 0.05) is 37.8 Å². The molecule has 2 aromatic rings. The van der Waals surface area contributed by atoms with E-state index in [1.54, 1.807) is 23.1 Å². The number of H-pyrrole nitrogens is 1. The number of unbranched alkanes of at least 4 members (excludes halogenated alkanes) is 2. The third-order valence-corrected chi connectivity index (χ3v) is 6.53. The first-order chi connectivity index (χ1) is 17.3. The molecule has 2 amide bonds. The zero-order valence-corrected chi connectivity index (χ0v) is 20.7. The van der Waals surface area contributed by atoms with Gasteiger partial charge in [-0.25, -0.2) is 4.79 Å². The summed E-state index contributed by atoms with van der Waals surface area (Å²) in [6.07, 6.45) is 2.94. The van der Waals surface area contributed by atoms with Gasteiger partial charge in [-0.1, -0.05) is 26.7 Å². The van der Waals surface area contributed by atoms with Crippen LogP contribution in [0.4, 0.5) is 17.2 Å². The molecule has 0 saturated carbocycles. The van der Waals surface area contributed by atoms with Gasteiger partial charge in [0.15, 0.2) is 17.2 Å². The number of rotatable bonds is 9. The molecule has 0 radical (unpaired) electrons. The number of nitrogens with two attached hydrogens (primary N) is 1. The minimum atomic E-state index is -0.706. The summed E-state index contributed by atoms with van der Waals surface area (Å²) in [6.45, 7) is 5.59. The van der Waals surface area contributed by atoms with Crippen LogP contribution < -0.4 is 36.3 Å². The molecule has 0 aliphatic carbocycles. The normalized spacial score (nSPS) is 16.9. The van der Waals surface area contributed by atoms with Crippen molar-refractivity contribution >= 4 is 29.0 Å². The molecule has 3 heterocycles. The molecular weight excluding hydrogens is 466 g/mol. The van der Waals surface area contributed by atoms with E-state index >= 15 is 0 Å². The molecule has 0 bridgehead atoms. The summed E-state index contributed by atoms with van der Waals surface area (Å²) in [7, 11) is 0. The molecule has 1 atom stereocenters. The van der Waals surface area contributed by atoms with Crippen LogP contribution in [0.2, 0.25) is 0 Å². The van der Waals surface area contributed by atoms with Crippen molar-refractivity contribution in [3.8, 4) is 11.5 Å². The lowest BCUT2D eigenvalue weighted by molar-refractivity contribution is -0.124. The van der Waals surface area contributed by atoms with Crippen molar-refractivity contribution in [2.24, 2.45) is 5.92 Å². The SMILES string of the molecule is CCCCN(C(=O)[C@@H]1CC(=O)N(c2ccc3c(c2)OCCO3)C1)c1c(N)n(CCCC)c(=O)[nH]c1=O. The van der Waals surface area contributed by atoms with Crippen molar-refractivity contribution in [3.05, 3.63) is 39.0 Å². The number of fused-ring (bicyclic) bond motifs is 1. The van der Waals surface area contributed by atoms with E-state index in [1.807, 2.05) is 13.8 Å². The fraction of sp³-hybridized carbons (Fsp3) is 0.520. The highest BCUT2D eigenvalue weighted by atomic mass is 16.6. The molecule has 11 nitrogen and oxygen atoms in total. The molecular formula is C25H33N5O6. The van der Waals surface area contributed by atoms with Gasteiger partial charge in [0.2, 0.25) is 11.8 Å². The predicted molar refractivity (Wildman–Crippen MR) is 136 cm³/mol. The largest absolute Gasteiger partial charge is 0.486 e. The van der Waals surface area contributed by atoms with E-state index in [4.69, 9.17) is 15.2 Å². The summed E-state index contributed by atoms with van der Waals surface area (Å²) < 4.78 is 12.5. The van der Waals surface area contributed by atoms with Gasteiger partial charge in [0.1, 0.15) is 19.0 Å². The summed E-state index contributed by atoms with van der Waals surface area (Å²) in [5.74, 6) is -0.0977. The van der Waals surface area contributed by atoms with Crippen LogP contribution in [0.25, 0.3) is 0 Å². The Morgan fingerprint density at radius 1 is 1.11 bits per heavy atom. The lowest BCUT2D eigenvalue weighted by Gasteiger charge is -2.27. The van der Waals surface area contributed by atoms with Crippen molar-refractivity contribution < 1.29 is 19.1 Å². The standard InChI is InChI=1S/C25H33N5O6/c1-3-5-9-28(21-22(26)29(10-6-4-2)25(34)27-23(21)32)24(33)16-13-20(31)30(15-16)17-7-8-18-19(14-17)36-12-11-35-18/h7-8,14,16H,3-6,9-13,15,26H2,1-2H3,(H,27,32,34)/t16-/m1/s1. The van der Waals surface area contributed by atoms with Gasteiger partial charge in [0.05, 0.1) is 5.92 Å². The first-order valence-corrected chi connectivity index (χ1v) is 12.5. The summed E-state index contributed by atoms with van der Waals surface area (Å²) in [4.78, 5) is 57.1. The molecule has 1 aromatic heterocycles. The zero-order valence-electron chi connectivity index (χ0n) is 20.7. The van der Waals surface area contributed by atoms with Gasteiger partial charge in [-0.05, 0) is 25.0 Å². The number of ether oxygens (including phenoxy) is 2. The number of nitrogens with zero attached hydrogens (tertiary/aromatic N) is 3. The van der Waals surface area contributed by atoms with Gasteiger partial charge in [-0.2, -0.15) is 0 Å². The van der Waals surface area contributed by atoms with Crippen LogP contribution >= 0.6 is 0 Å². The topological polar surface area (TPSA) is 140 Å².